The van der Waals surface area contributed by atoms with Crippen LogP contribution >= 0.6 is 0 Å². The lowest BCUT2D eigenvalue weighted by Crippen LogP contribution is -2.28. The van der Waals surface area contributed by atoms with E-state index in [2.05, 4.69) is 10.6 Å². The van der Waals surface area contributed by atoms with Crippen LogP contribution in [0.1, 0.15) is 47.2 Å². The number of hydrogen-bond acceptors (Lipinski definition) is 3. The van der Waals surface area contributed by atoms with Gasteiger partial charge in [-0.2, -0.15) is 0 Å². The lowest BCUT2D eigenvalue weighted by molar-refractivity contribution is -0.124. The van der Waals surface area contributed by atoms with E-state index in [0.717, 1.165) is 48.9 Å². The van der Waals surface area contributed by atoms with Gasteiger partial charge < -0.3 is 16.4 Å². The van der Waals surface area contributed by atoms with E-state index in [1.54, 1.807) is 12.1 Å². The molecule has 2 aromatic rings. The van der Waals surface area contributed by atoms with Crippen molar-refractivity contribution in [1.82, 2.24) is 10.6 Å². The summed E-state index contributed by atoms with van der Waals surface area (Å²) in [4.78, 5) is 24.3. The Hall–Kier alpha value is -2.82. The molecule has 1 aliphatic rings. The van der Waals surface area contributed by atoms with Crippen molar-refractivity contribution in [3.05, 3.63) is 65.2 Å². The van der Waals surface area contributed by atoms with Gasteiger partial charge in [-0.1, -0.05) is 37.1 Å². The largest absolute Gasteiger partial charge is 0.399 e. The maximum atomic E-state index is 12.2. The number of carbonyl (C=O) groups is 2. The maximum absolute atomic E-state index is 12.2. The zero-order valence-corrected chi connectivity index (χ0v) is 15.5. The molecule has 27 heavy (non-hydrogen) atoms. The predicted molar refractivity (Wildman–Crippen MR) is 107 cm³/mol. The molecule has 2 aromatic carbocycles. The number of anilines is 1. The van der Waals surface area contributed by atoms with Crippen molar-refractivity contribution in [2.24, 2.45) is 5.92 Å². The summed E-state index contributed by atoms with van der Waals surface area (Å²) < 4.78 is 0. The van der Waals surface area contributed by atoms with E-state index in [1.165, 1.54) is 0 Å². The molecule has 0 aromatic heterocycles. The first-order chi connectivity index (χ1) is 13.1. The van der Waals surface area contributed by atoms with Crippen molar-refractivity contribution in [1.29, 1.82) is 0 Å². The zero-order chi connectivity index (χ0) is 19.1. The Morgan fingerprint density at radius 1 is 0.889 bits per heavy atom. The van der Waals surface area contributed by atoms with Crippen molar-refractivity contribution >= 4 is 17.5 Å². The number of nitrogens with two attached hydrogens (primary N) is 1. The fourth-order valence-electron chi connectivity index (χ4n) is 3.40. The molecule has 1 fully saturated rings. The number of hydrogen-bond donors (Lipinski definition) is 3. The second-order valence-corrected chi connectivity index (χ2v) is 7.14. The molecule has 0 bridgehead atoms. The molecule has 0 atom stereocenters. The van der Waals surface area contributed by atoms with Crippen LogP contribution in [0.3, 0.4) is 0 Å². The third kappa shape index (κ3) is 5.58. The van der Waals surface area contributed by atoms with Crippen LogP contribution in [0.5, 0.6) is 0 Å². The Bertz CT molecular complexity index is 763. The first kappa shape index (κ1) is 19.0. The van der Waals surface area contributed by atoms with Crippen LogP contribution < -0.4 is 16.4 Å². The number of amides is 2. The average Bonchev–Trinajstić information content (AvgIpc) is 3.23. The number of carbonyl (C=O) groups excluding carboxylic acids is 2. The Kier molecular flexibility index (Phi) is 6.47. The fraction of sp³-hybridized carbons (Fsp3) is 0.364. The van der Waals surface area contributed by atoms with Gasteiger partial charge >= 0.3 is 0 Å². The smallest absolute Gasteiger partial charge is 0.251 e. The Balaban J connectivity index is 1.42. The predicted octanol–water partition coefficient (Wildman–Crippen LogP) is 3.05. The van der Waals surface area contributed by atoms with Crippen molar-refractivity contribution < 1.29 is 9.59 Å². The molecule has 0 saturated heterocycles. The number of nitrogens with one attached hydrogen (secondary N) is 2. The highest BCUT2D eigenvalue weighted by molar-refractivity contribution is 5.94. The summed E-state index contributed by atoms with van der Waals surface area (Å²) in [6.45, 7) is 1.08. The SMILES string of the molecule is Nc1ccc(CCNC(=O)c2ccc(CNC(=O)C3CCCC3)cc2)cc1. The summed E-state index contributed by atoms with van der Waals surface area (Å²) in [6.07, 6.45) is 5.07. The molecule has 4 N–H and O–H groups in total. The molecule has 1 aliphatic carbocycles. The molecule has 142 valence electrons. The molecule has 5 nitrogen and oxygen atoms in total. The minimum absolute atomic E-state index is 0.0908. The van der Waals surface area contributed by atoms with E-state index < -0.39 is 0 Å². The van der Waals surface area contributed by atoms with Crippen LogP contribution in [0.4, 0.5) is 5.69 Å². The normalized spacial score (nSPS) is 14.1. The van der Waals surface area contributed by atoms with E-state index in [4.69, 9.17) is 5.73 Å². The fourth-order valence-corrected chi connectivity index (χ4v) is 3.40. The third-order valence-corrected chi connectivity index (χ3v) is 5.09. The van der Waals surface area contributed by atoms with Crippen molar-refractivity contribution in [3.8, 4) is 0 Å². The Morgan fingerprint density at radius 3 is 2.19 bits per heavy atom. The summed E-state index contributed by atoms with van der Waals surface area (Å²) in [5, 5.41) is 5.93. The molecule has 0 unspecified atom stereocenters. The van der Waals surface area contributed by atoms with E-state index in [9.17, 15) is 9.59 Å². The third-order valence-electron chi connectivity index (χ3n) is 5.09. The Labute approximate surface area is 160 Å². The maximum Gasteiger partial charge on any atom is 0.251 e. The average molecular weight is 365 g/mol. The van der Waals surface area contributed by atoms with Gasteiger partial charge in [-0.15, -0.1) is 0 Å². The van der Waals surface area contributed by atoms with Gasteiger partial charge in [-0.05, 0) is 54.7 Å². The second kappa shape index (κ2) is 9.21. The van der Waals surface area contributed by atoms with Gasteiger partial charge in [-0.3, -0.25) is 9.59 Å². The first-order valence-corrected chi connectivity index (χ1v) is 9.61. The quantitative estimate of drug-likeness (QED) is 0.659. The van der Waals surface area contributed by atoms with Crippen LogP contribution in [0.25, 0.3) is 0 Å². The van der Waals surface area contributed by atoms with Gasteiger partial charge in [0.2, 0.25) is 5.91 Å². The van der Waals surface area contributed by atoms with Crippen molar-refractivity contribution in [2.75, 3.05) is 12.3 Å². The standard InChI is InChI=1S/C22H27N3O2/c23-20-11-7-16(8-12-20)13-14-24-21(26)19-9-5-17(6-10-19)15-25-22(27)18-3-1-2-4-18/h5-12,18H,1-4,13-15,23H2,(H,24,26)(H,25,27). The molecule has 0 spiro atoms. The molecule has 0 radical (unpaired) electrons. The molecule has 0 heterocycles. The van der Waals surface area contributed by atoms with E-state index in [-0.39, 0.29) is 17.7 Å². The first-order valence-electron chi connectivity index (χ1n) is 9.61. The molecule has 1 saturated carbocycles. The molecule has 0 aliphatic heterocycles. The molecule has 3 rings (SSSR count). The topological polar surface area (TPSA) is 84.2 Å². The summed E-state index contributed by atoms with van der Waals surface area (Å²) in [5.74, 6) is 0.236. The highest BCUT2D eigenvalue weighted by atomic mass is 16.2. The van der Waals surface area contributed by atoms with Crippen LogP contribution in [-0.2, 0) is 17.8 Å². The van der Waals surface area contributed by atoms with Gasteiger partial charge in [0.25, 0.3) is 5.91 Å². The van der Waals surface area contributed by atoms with Crippen LogP contribution in [0, 0.1) is 5.92 Å². The van der Waals surface area contributed by atoms with E-state index in [0.29, 0.717) is 18.7 Å². The number of nitrogen functional groups attached to an aromatic ring is 1. The molecule has 5 heteroatoms. The number of benzene rings is 2. The van der Waals surface area contributed by atoms with E-state index >= 15 is 0 Å². The van der Waals surface area contributed by atoms with Gasteiger partial charge in [0.15, 0.2) is 0 Å². The van der Waals surface area contributed by atoms with Crippen LogP contribution in [0.2, 0.25) is 0 Å². The summed E-state index contributed by atoms with van der Waals surface area (Å²) in [7, 11) is 0. The van der Waals surface area contributed by atoms with Crippen molar-refractivity contribution in [2.45, 2.75) is 38.6 Å². The van der Waals surface area contributed by atoms with Gasteiger partial charge in [0.05, 0.1) is 0 Å². The monoisotopic (exact) mass is 365 g/mol. The van der Waals surface area contributed by atoms with Gasteiger partial charge in [-0.25, -0.2) is 0 Å². The van der Waals surface area contributed by atoms with E-state index in [1.807, 2.05) is 36.4 Å². The Morgan fingerprint density at radius 2 is 1.52 bits per heavy atom. The lowest BCUT2D eigenvalue weighted by Gasteiger charge is -2.11. The summed E-state index contributed by atoms with van der Waals surface area (Å²) >= 11 is 0. The molecular formula is C22H27N3O2. The minimum atomic E-state index is -0.0908. The summed E-state index contributed by atoms with van der Waals surface area (Å²) in [5.41, 5.74) is 9.17. The molecular weight excluding hydrogens is 338 g/mol. The van der Waals surface area contributed by atoms with Crippen LogP contribution in [-0.4, -0.2) is 18.4 Å². The van der Waals surface area contributed by atoms with Gasteiger partial charge in [0.1, 0.15) is 0 Å². The lowest BCUT2D eigenvalue weighted by atomic mass is 10.1. The highest BCUT2D eigenvalue weighted by Gasteiger charge is 2.22. The van der Waals surface area contributed by atoms with Crippen LogP contribution in [0.15, 0.2) is 48.5 Å². The highest BCUT2D eigenvalue weighted by Crippen LogP contribution is 2.24. The minimum Gasteiger partial charge on any atom is -0.399 e. The van der Waals surface area contributed by atoms with Gasteiger partial charge in [0, 0.05) is 30.3 Å². The second-order valence-electron chi connectivity index (χ2n) is 7.14. The molecule has 2 amide bonds. The zero-order valence-electron chi connectivity index (χ0n) is 15.5. The summed E-state index contributed by atoms with van der Waals surface area (Å²) in [6, 6.07) is 15.0. The number of rotatable bonds is 7. The van der Waals surface area contributed by atoms with Crippen molar-refractivity contribution in [3.63, 3.8) is 0 Å².